The van der Waals surface area contributed by atoms with Crippen molar-refractivity contribution in [3.63, 3.8) is 0 Å². The molecule has 136 valence electrons. The highest BCUT2D eigenvalue weighted by atomic mass is 16.5. The van der Waals surface area contributed by atoms with E-state index >= 15 is 0 Å². The van der Waals surface area contributed by atoms with Crippen molar-refractivity contribution in [3.8, 4) is 0 Å². The summed E-state index contributed by atoms with van der Waals surface area (Å²) in [4.78, 5) is 52.8. The van der Waals surface area contributed by atoms with Gasteiger partial charge in [0.05, 0.1) is 23.2 Å². The molecule has 0 bridgehead atoms. The van der Waals surface area contributed by atoms with Gasteiger partial charge >= 0.3 is 6.09 Å². The highest BCUT2D eigenvalue weighted by molar-refractivity contribution is 6.00. The highest BCUT2D eigenvalue weighted by Crippen LogP contribution is 2.23. The number of hydrogen-bond acceptors (Lipinski definition) is 6. The van der Waals surface area contributed by atoms with Crippen LogP contribution in [0, 0.1) is 6.92 Å². The molecule has 3 rings (SSSR count). The standard InChI is InChI=1S/C17H18N4O5/c1-3-26-17(25)19-11-6-4-5-10-14(11)16(24)21(9(2)18-10)12-7-8-13(22)20-15(12)23/h4-6,12H,3,7-8H2,1-2H3,(H,19,25)(H,20,22,23). The summed E-state index contributed by atoms with van der Waals surface area (Å²) in [5.74, 6) is -0.552. The van der Waals surface area contributed by atoms with E-state index < -0.39 is 23.6 Å². The molecule has 3 amide bonds. The number of imide groups is 1. The van der Waals surface area contributed by atoms with Gasteiger partial charge in [0, 0.05) is 6.42 Å². The van der Waals surface area contributed by atoms with Gasteiger partial charge in [-0.15, -0.1) is 0 Å². The lowest BCUT2D eigenvalue weighted by Gasteiger charge is -2.24. The van der Waals surface area contributed by atoms with Crippen molar-refractivity contribution in [2.45, 2.75) is 32.7 Å². The Morgan fingerprint density at radius 3 is 2.85 bits per heavy atom. The highest BCUT2D eigenvalue weighted by Gasteiger charge is 2.30. The van der Waals surface area contributed by atoms with Gasteiger partial charge in [-0.1, -0.05) is 6.07 Å². The molecule has 1 aliphatic heterocycles. The van der Waals surface area contributed by atoms with Crippen molar-refractivity contribution < 1.29 is 19.1 Å². The minimum Gasteiger partial charge on any atom is -0.450 e. The van der Waals surface area contributed by atoms with E-state index in [4.69, 9.17) is 4.74 Å². The van der Waals surface area contributed by atoms with Crippen molar-refractivity contribution >= 4 is 34.5 Å². The van der Waals surface area contributed by atoms with Crippen LogP contribution in [0.5, 0.6) is 0 Å². The molecular formula is C17H18N4O5. The van der Waals surface area contributed by atoms with Crippen molar-refractivity contribution in [1.82, 2.24) is 14.9 Å². The lowest BCUT2D eigenvalue weighted by atomic mass is 10.1. The summed E-state index contributed by atoms with van der Waals surface area (Å²) in [7, 11) is 0. The fraction of sp³-hybridized carbons (Fsp3) is 0.353. The van der Waals surface area contributed by atoms with Gasteiger partial charge in [0.25, 0.3) is 5.56 Å². The van der Waals surface area contributed by atoms with Crippen molar-refractivity contribution in [3.05, 3.63) is 34.4 Å². The fourth-order valence-corrected chi connectivity index (χ4v) is 3.03. The number of hydrogen-bond donors (Lipinski definition) is 2. The zero-order valence-corrected chi connectivity index (χ0v) is 14.4. The molecule has 9 heteroatoms. The summed E-state index contributed by atoms with van der Waals surface area (Å²) in [6.07, 6.45) is -0.331. The molecule has 1 aromatic heterocycles. The van der Waals surface area contributed by atoms with Crippen LogP contribution in [0.4, 0.5) is 10.5 Å². The first-order chi connectivity index (χ1) is 12.4. The fourth-order valence-electron chi connectivity index (χ4n) is 3.03. The third-order valence-corrected chi connectivity index (χ3v) is 4.14. The van der Waals surface area contributed by atoms with Crippen LogP contribution < -0.4 is 16.2 Å². The summed E-state index contributed by atoms with van der Waals surface area (Å²) in [6.45, 7) is 3.48. The van der Waals surface area contributed by atoms with Crippen LogP contribution >= 0.6 is 0 Å². The molecule has 0 radical (unpaired) electrons. The zero-order valence-electron chi connectivity index (χ0n) is 14.4. The number of carbonyl (C=O) groups excluding carboxylic acids is 3. The summed E-state index contributed by atoms with van der Waals surface area (Å²) in [6, 6.07) is 4.04. The maximum Gasteiger partial charge on any atom is 0.411 e. The Hall–Kier alpha value is -3.23. The average molecular weight is 358 g/mol. The first-order valence-electron chi connectivity index (χ1n) is 8.21. The molecule has 1 aliphatic rings. The van der Waals surface area contributed by atoms with Crippen molar-refractivity contribution in [2.75, 3.05) is 11.9 Å². The van der Waals surface area contributed by atoms with Crippen molar-refractivity contribution in [2.24, 2.45) is 0 Å². The number of amides is 3. The third-order valence-electron chi connectivity index (χ3n) is 4.14. The second kappa shape index (κ2) is 6.95. The first-order valence-corrected chi connectivity index (χ1v) is 8.21. The maximum absolute atomic E-state index is 13.1. The van der Waals surface area contributed by atoms with E-state index in [0.29, 0.717) is 11.3 Å². The van der Waals surface area contributed by atoms with E-state index in [-0.39, 0.29) is 36.4 Å². The number of nitrogens with zero attached hydrogens (tertiary/aromatic N) is 2. The molecule has 9 nitrogen and oxygen atoms in total. The van der Waals surface area contributed by atoms with E-state index in [1.807, 2.05) is 0 Å². The molecule has 0 saturated carbocycles. The van der Waals surface area contributed by atoms with E-state index in [1.54, 1.807) is 32.0 Å². The summed E-state index contributed by atoms with van der Waals surface area (Å²) in [5.41, 5.74) is 0.180. The van der Waals surface area contributed by atoms with Gasteiger partial charge in [0.15, 0.2) is 0 Å². The number of nitrogens with one attached hydrogen (secondary N) is 2. The molecular weight excluding hydrogens is 340 g/mol. The van der Waals surface area contributed by atoms with Gasteiger partial charge in [-0.3, -0.25) is 29.6 Å². The normalized spacial score (nSPS) is 17.1. The zero-order chi connectivity index (χ0) is 18.8. The third kappa shape index (κ3) is 3.15. The van der Waals surface area contributed by atoms with Crippen molar-refractivity contribution in [1.29, 1.82) is 0 Å². The molecule has 0 spiro atoms. The van der Waals surface area contributed by atoms with Gasteiger partial charge in [0.2, 0.25) is 11.8 Å². The molecule has 2 N–H and O–H groups in total. The smallest absolute Gasteiger partial charge is 0.411 e. The minimum atomic E-state index is -0.826. The van der Waals surface area contributed by atoms with Gasteiger partial charge in [-0.2, -0.15) is 0 Å². The van der Waals surface area contributed by atoms with Crippen LogP contribution in [0.15, 0.2) is 23.0 Å². The van der Waals surface area contributed by atoms with Crippen LogP contribution in [0.25, 0.3) is 10.9 Å². The number of piperidine rings is 1. The number of aryl methyl sites for hydroxylation is 1. The number of ether oxygens (including phenoxy) is 1. The Kier molecular flexibility index (Phi) is 4.70. The predicted molar refractivity (Wildman–Crippen MR) is 92.8 cm³/mol. The van der Waals surface area contributed by atoms with E-state index in [0.717, 1.165) is 0 Å². The molecule has 1 unspecified atom stereocenters. The molecule has 1 saturated heterocycles. The van der Waals surface area contributed by atoms with Crippen LogP contribution in [0.1, 0.15) is 31.6 Å². The Bertz CT molecular complexity index is 966. The summed E-state index contributed by atoms with van der Waals surface area (Å²) >= 11 is 0. The lowest BCUT2D eigenvalue weighted by molar-refractivity contribution is -0.135. The second-order valence-corrected chi connectivity index (χ2v) is 5.85. The first kappa shape index (κ1) is 17.6. The Morgan fingerprint density at radius 1 is 1.38 bits per heavy atom. The lowest BCUT2D eigenvalue weighted by Crippen LogP contribution is -2.45. The number of rotatable bonds is 3. The average Bonchev–Trinajstić information content (AvgIpc) is 2.56. The van der Waals surface area contributed by atoms with Crippen LogP contribution in [-0.4, -0.2) is 34.1 Å². The van der Waals surface area contributed by atoms with Gasteiger partial charge in [0.1, 0.15) is 11.9 Å². The Labute approximate surface area is 148 Å². The number of fused-ring (bicyclic) bond motifs is 1. The molecule has 2 aromatic rings. The van der Waals surface area contributed by atoms with Gasteiger partial charge < -0.3 is 4.74 Å². The van der Waals surface area contributed by atoms with E-state index in [2.05, 4.69) is 15.6 Å². The number of benzene rings is 1. The van der Waals surface area contributed by atoms with E-state index in [1.165, 1.54) is 4.57 Å². The maximum atomic E-state index is 13.1. The van der Waals surface area contributed by atoms with Gasteiger partial charge in [-0.25, -0.2) is 9.78 Å². The summed E-state index contributed by atoms with van der Waals surface area (Å²) < 4.78 is 6.12. The van der Waals surface area contributed by atoms with Crippen LogP contribution in [0.3, 0.4) is 0 Å². The predicted octanol–water partition coefficient (Wildman–Crippen LogP) is 1.25. The van der Waals surface area contributed by atoms with Crippen LogP contribution in [0.2, 0.25) is 0 Å². The quantitative estimate of drug-likeness (QED) is 0.797. The molecule has 1 atom stereocenters. The number of carbonyl (C=O) groups is 3. The largest absolute Gasteiger partial charge is 0.450 e. The monoisotopic (exact) mass is 358 g/mol. The van der Waals surface area contributed by atoms with Crippen LogP contribution in [-0.2, 0) is 14.3 Å². The SMILES string of the molecule is CCOC(=O)Nc1cccc2nc(C)n(C3CCC(=O)NC3=O)c(=O)c12. The Balaban J connectivity index is 2.14. The molecule has 1 aromatic carbocycles. The summed E-state index contributed by atoms with van der Waals surface area (Å²) in [5, 5.41) is 4.94. The van der Waals surface area contributed by atoms with Gasteiger partial charge in [-0.05, 0) is 32.4 Å². The molecule has 2 heterocycles. The Morgan fingerprint density at radius 2 is 2.15 bits per heavy atom. The topological polar surface area (TPSA) is 119 Å². The molecule has 26 heavy (non-hydrogen) atoms. The number of aromatic nitrogens is 2. The minimum absolute atomic E-state index is 0.142. The molecule has 0 aliphatic carbocycles. The second-order valence-electron chi connectivity index (χ2n) is 5.85. The molecule has 1 fully saturated rings. The number of anilines is 1. The van der Waals surface area contributed by atoms with E-state index in [9.17, 15) is 19.2 Å².